The van der Waals surface area contributed by atoms with Gasteiger partial charge in [0.1, 0.15) is 5.82 Å². The van der Waals surface area contributed by atoms with E-state index in [4.69, 9.17) is 0 Å². The summed E-state index contributed by atoms with van der Waals surface area (Å²) in [5, 5.41) is 0.139. The van der Waals surface area contributed by atoms with Crippen molar-refractivity contribution in [1.82, 2.24) is 0 Å². The van der Waals surface area contributed by atoms with Gasteiger partial charge in [0.25, 0.3) is 0 Å². The molecule has 2 unspecified atom stereocenters. The molecule has 0 N–H and O–H groups in total. The molecule has 2 fully saturated rings. The Morgan fingerprint density at radius 2 is 2.07 bits per heavy atom. The number of nitrogens with zero attached hydrogens (tertiary/aromatic N) is 1. The Morgan fingerprint density at radius 1 is 1.33 bits per heavy atom. The topological polar surface area (TPSA) is 20.3 Å². The Labute approximate surface area is 91.5 Å². The largest absolute Gasteiger partial charge is 0.308 e. The van der Waals surface area contributed by atoms with Crippen LogP contribution in [0.3, 0.4) is 0 Å². The lowest BCUT2D eigenvalue weighted by Gasteiger charge is -2.26. The highest BCUT2D eigenvalue weighted by Crippen LogP contribution is 2.40. The minimum absolute atomic E-state index is 0.139. The van der Waals surface area contributed by atoms with Crippen LogP contribution in [0.1, 0.15) is 6.42 Å². The van der Waals surface area contributed by atoms with E-state index < -0.39 is 0 Å². The number of anilines is 1. The van der Waals surface area contributed by atoms with Gasteiger partial charge in [-0.2, -0.15) is 0 Å². The molecule has 1 aromatic rings. The smallest absolute Gasteiger partial charge is 0.240 e. The van der Waals surface area contributed by atoms with Gasteiger partial charge in [0.2, 0.25) is 5.91 Å². The van der Waals surface area contributed by atoms with Gasteiger partial charge in [-0.3, -0.25) is 4.79 Å². The fourth-order valence-electron chi connectivity index (χ4n) is 2.24. The lowest BCUT2D eigenvalue weighted by Crippen LogP contribution is -2.38. The van der Waals surface area contributed by atoms with Crippen molar-refractivity contribution in [1.29, 1.82) is 0 Å². The molecule has 0 saturated carbocycles. The number of carbonyl (C=O) groups excluding carboxylic acids is 1. The summed E-state index contributed by atoms with van der Waals surface area (Å²) in [5.41, 5.74) is 0.828. The number of benzene rings is 1. The highest BCUT2D eigenvalue weighted by molar-refractivity contribution is 8.01. The van der Waals surface area contributed by atoms with E-state index in [1.807, 2.05) is 4.90 Å². The molecule has 3 rings (SSSR count). The van der Waals surface area contributed by atoms with Crippen LogP contribution in [-0.4, -0.2) is 23.0 Å². The first-order chi connectivity index (χ1) is 7.25. The zero-order chi connectivity index (χ0) is 10.4. The Hall–Kier alpha value is -1.03. The van der Waals surface area contributed by atoms with Crippen molar-refractivity contribution in [3.63, 3.8) is 0 Å². The van der Waals surface area contributed by atoms with Crippen LogP contribution in [0.5, 0.6) is 0 Å². The van der Waals surface area contributed by atoms with Crippen molar-refractivity contribution >= 4 is 23.4 Å². The normalized spacial score (nSPS) is 28.9. The maximum Gasteiger partial charge on any atom is 0.240 e. The van der Waals surface area contributed by atoms with Crippen molar-refractivity contribution in [2.24, 2.45) is 0 Å². The quantitative estimate of drug-likeness (QED) is 0.726. The Morgan fingerprint density at radius 3 is 2.67 bits per heavy atom. The van der Waals surface area contributed by atoms with E-state index in [2.05, 4.69) is 0 Å². The summed E-state index contributed by atoms with van der Waals surface area (Å²) in [6.07, 6.45) is 0.945. The van der Waals surface area contributed by atoms with Crippen LogP contribution < -0.4 is 4.90 Å². The molecule has 2 atom stereocenters. The van der Waals surface area contributed by atoms with Crippen molar-refractivity contribution in [2.75, 3.05) is 10.7 Å². The van der Waals surface area contributed by atoms with Crippen molar-refractivity contribution < 1.29 is 9.18 Å². The van der Waals surface area contributed by atoms with Gasteiger partial charge in [-0.15, -0.1) is 11.8 Å². The van der Waals surface area contributed by atoms with Crippen LogP contribution >= 0.6 is 11.8 Å². The molecule has 15 heavy (non-hydrogen) atoms. The summed E-state index contributed by atoms with van der Waals surface area (Å²) in [6.45, 7) is 0. The Kier molecular flexibility index (Phi) is 1.99. The number of carbonyl (C=O) groups is 1. The maximum absolute atomic E-state index is 12.8. The second kappa shape index (κ2) is 3.23. The van der Waals surface area contributed by atoms with Crippen molar-refractivity contribution in [2.45, 2.75) is 17.7 Å². The van der Waals surface area contributed by atoms with Gasteiger partial charge >= 0.3 is 0 Å². The summed E-state index contributed by atoms with van der Waals surface area (Å²) < 4.78 is 12.8. The molecule has 0 radical (unpaired) electrons. The second-order valence-electron chi connectivity index (χ2n) is 3.90. The molecule has 2 heterocycles. The van der Waals surface area contributed by atoms with Crippen LogP contribution in [0.4, 0.5) is 10.1 Å². The average molecular weight is 223 g/mol. The molecule has 1 aromatic carbocycles. The first kappa shape index (κ1) is 9.21. The first-order valence-corrected chi connectivity index (χ1v) is 6.01. The summed E-state index contributed by atoms with van der Waals surface area (Å²) >= 11 is 1.74. The number of amides is 1. The summed E-state index contributed by atoms with van der Waals surface area (Å²) in [7, 11) is 0. The molecule has 4 heteroatoms. The number of halogens is 1. The minimum atomic E-state index is -0.259. The van der Waals surface area contributed by atoms with Crippen LogP contribution in [0.15, 0.2) is 24.3 Å². The second-order valence-corrected chi connectivity index (χ2v) is 5.13. The van der Waals surface area contributed by atoms with E-state index >= 15 is 0 Å². The molecule has 2 nitrogen and oxygen atoms in total. The van der Waals surface area contributed by atoms with Crippen molar-refractivity contribution in [3.05, 3.63) is 30.1 Å². The van der Waals surface area contributed by atoms with Crippen LogP contribution in [0.25, 0.3) is 0 Å². The molecule has 1 amide bonds. The monoisotopic (exact) mass is 223 g/mol. The standard InChI is InChI=1S/C11H10FNOS/c12-7-1-3-8(4-2-7)13-9-5-10(11(13)14)15-6-9/h1-4,9-10H,5-6H2. The Balaban J connectivity index is 1.94. The van der Waals surface area contributed by atoms with Gasteiger partial charge in [-0.1, -0.05) is 0 Å². The predicted molar refractivity (Wildman–Crippen MR) is 58.5 cm³/mol. The van der Waals surface area contributed by atoms with Gasteiger partial charge in [-0.05, 0) is 30.7 Å². The number of rotatable bonds is 1. The Bertz CT molecular complexity index is 406. The van der Waals surface area contributed by atoms with Gasteiger partial charge < -0.3 is 4.90 Å². The molecule has 2 aliphatic heterocycles. The van der Waals surface area contributed by atoms with E-state index in [0.717, 1.165) is 17.9 Å². The molecule has 0 aliphatic carbocycles. The third-order valence-electron chi connectivity index (χ3n) is 2.96. The van der Waals surface area contributed by atoms with E-state index in [1.165, 1.54) is 12.1 Å². The molecule has 2 bridgehead atoms. The molecule has 2 saturated heterocycles. The van der Waals surface area contributed by atoms with Crippen LogP contribution in [0, 0.1) is 5.82 Å². The van der Waals surface area contributed by atoms with E-state index in [-0.39, 0.29) is 17.0 Å². The summed E-state index contributed by atoms with van der Waals surface area (Å²) in [6, 6.07) is 6.48. The number of hydrogen-bond donors (Lipinski definition) is 0. The zero-order valence-electron chi connectivity index (χ0n) is 8.02. The summed E-state index contributed by atoms with van der Waals surface area (Å²) in [4.78, 5) is 13.7. The van der Waals surface area contributed by atoms with Crippen LogP contribution in [0.2, 0.25) is 0 Å². The SMILES string of the molecule is O=C1C2CC(CS2)N1c1ccc(F)cc1. The van der Waals surface area contributed by atoms with Gasteiger partial charge in [-0.25, -0.2) is 4.39 Å². The minimum Gasteiger partial charge on any atom is -0.308 e. The fraction of sp³-hybridized carbons (Fsp3) is 0.364. The number of thioether (sulfide) groups is 1. The molecular formula is C11H10FNOS. The fourth-order valence-corrected chi connectivity index (χ4v) is 3.59. The van der Waals surface area contributed by atoms with Gasteiger partial charge in [0.05, 0.1) is 5.25 Å². The predicted octanol–water partition coefficient (Wildman–Crippen LogP) is 2.05. The lowest BCUT2D eigenvalue weighted by atomic mass is 10.2. The summed E-state index contributed by atoms with van der Waals surface area (Å²) in [5.74, 6) is 0.932. The maximum atomic E-state index is 12.8. The van der Waals surface area contributed by atoms with Gasteiger partial charge in [0.15, 0.2) is 0 Å². The van der Waals surface area contributed by atoms with Crippen LogP contribution in [-0.2, 0) is 4.79 Å². The molecule has 78 valence electrons. The number of hydrogen-bond acceptors (Lipinski definition) is 2. The molecule has 2 aliphatic rings. The molecule has 0 aromatic heterocycles. The van der Waals surface area contributed by atoms with E-state index in [0.29, 0.717) is 6.04 Å². The average Bonchev–Trinajstić information content (AvgIpc) is 2.80. The third-order valence-corrected chi connectivity index (χ3v) is 4.33. The van der Waals surface area contributed by atoms with Gasteiger partial charge in [0, 0.05) is 17.5 Å². The molecule has 0 spiro atoms. The number of fused-ring (bicyclic) bond motifs is 2. The van der Waals surface area contributed by atoms with E-state index in [1.54, 1.807) is 23.9 Å². The highest BCUT2D eigenvalue weighted by atomic mass is 32.2. The lowest BCUT2D eigenvalue weighted by molar-refractivity contribution is -0.116. The third kappa shape index (κ3) is 1.35. The first-order valence-electron chi connectivity index (χ1n) is 4.96. The zero-order valence-corrected chi connectivity index (χ0v) is 8.84. The molecular weight excluding hydrogens is 213 g/mol. The highest BCUT2D eigenvalue weighted by Gasteiger charge is 2.45. The van der Waals surface area contributed by atoms with Crippen molar-refractivity contribution in [3.8, 4) is 0 Å². The van der Waals surface area contributed by atoms with E-state index in [9.17, 15) is 9.18 Å².